The fourth-order valence-corrected chi connectivity index (χ4v) is 6.69. The molecule has 0 spiro atoms. The Kier molecular flexibility index (Phi) is 10.3. The van der Waals surface area contributed by atoms with Crippen LogP contribution in [-0.4, -0.2) is 43.8 Å². The molecule has 11 heteroatoms. The maximum atomic E-state index is 14.1. The Labute approximate surface area is 250 Å². The number of sulfonamides is 1. The molecule has 1 aliphatic rings. The molecule has 41 heavy (non-hydrogen) atoms. The van der Waals surface area contributed by atoms with Gasteiger partial charge in [-0.2, -0.15) is 0 Å². The van der Waals surface area contributed by atoms with Crippen molar-refractivity contribution in [1.82, 2.24) is 10.2 Å². The van der Waals surface area contributed by atoms with E-state index in [0.29, 0.717) is 11.4 Å². The van der Waals surface area contributed by atoms with Gasteiger partial charge in [-0.3, -0.25) is 13.9 Å². The predicted molar refractivity (Wildman–Crippen MR) is 159 cm³/mol. The predicted octanol–water partition coefficient (Wildman–Crippen LogP) is 6.19. The summed E-state index contributed by atoms with van der Waals surface area (Å²) in [5, 5.41) is 3.30. The number of benzene rings is 3. The van der Waals surface area contributed by atoms with E-state index >= 15 is 0 Å². The lowest BCUT2D eigenvalue weighted by Gasteiger charge is -2.33. The molecular formula is C30H32Cl2FN3O4S. The summed E-state index contributed by atoms with van der Waals surface area (Å²) in [6, 6.07) is 17.2. The third-order valence-electron chi connectivity index (χ3n) is 7.15. The minimum absolute atomic E-state index is 0.0171. The highest BCUT2D eigenvalue weighted by Crippen LogP contribution is 2.28. The SMILES string of the molecule is CC[C@H](C(=O)NC1CCCC1)N(Cc1ccc(Cl)cc1)C(=O)CN(c1ccc(F)c(Cl)c1)S(=O)(=O)c1ccccc1. The van der Waals surface area contributed by atoms with E-state index in [1.807, 2.05) is 0 Å². The number of anilines is 1. The van der Waals surface area contributed by atoms with Crippen LogP contribution in [0.15, 0.2) is 77.7 Å². The van der Waals surface area contributed by atoms with Crippen LogP contribution in [-0.2, 0) is 26.2 Å². The van der Waals surface area contributed by atoms with Crippen LogP contribution in [0.1, 0.15) is 44.6 Å². The topological polar surface area (TPSA) is 86.8 Å². The van der Waals surface area contributed by atoms with Gasteiger partial charge in [-0.05, 0) is 67.3 Å². The first-order valence-corrected chi connectivity index (χ1v) is 15.7. The Balaban J connectivity index is 1.72. The third-order valence-corrected chi connectivity index (χ3v) is 9.48. The lowest BCUT2D eigenvalue weighted by molar-refractivity contribution is -0.140. The normalized spacial score (nSPS) is 14.4. The maximum absolute atomic E-state index is 14.1. The number of nitrogens with one attached hydrogen (secondary N) is 1. The summed E-state index contributed by atoms with van der Waals surface area (Å²) in [5.41, 5.74) is 0.737. The zero-order valence-corrected chi connectivity index (χ0v) is 24.9. The van der Waals surface area contributed by atoms with Gasteiger partial charge in [-0.1, -0.05) is 73.3 Å². The molecule has 7 nitrogen and oxygen atoms in total. The van der Waals surface area contributed by atoms with Crippen molar-refractivity contribution < 1.29 is 22.4 Å². The molecule has 0 aliphatic heterocycles. The van der Waals surface area contributed by atoms with Crippen molar-refractivity contribution >= 4 is 50.7 Å². The fraction of sp³-hybridized carbons (Fsp3) is 0.333. The van der Waals surface area contributed by atoms with Gasteiger partial charge in [-0.25, -0.2) is 12.8 Å². The van der Waals surface area contributed by atoms with E-state index < -0.39 is 34.3 Å². The van der Waals surface area contributed by atoms with Gasteiger partial charge in [0.2, 0.25) is 11.8 Å². The average molecular weight is 621 g/mol. The van der Waals surface area contributed by atoms with Gasteiger partial charge >= 0.3 is 0 Å². The first-order valence-electron chi connectivity index (χ1n) is 13.5. The molecule has 1 atom stereocenters. The van der Waals surface area contributed by atoms with E-state index in [1.165, 1.54) is 23.1 Å². The quantitative estimate of drug-likeness (QED) is 0.277. The molecule has 1 N–H and O–H groups in total. The lowest BCUT2D eigenvalue weighted by Crippen LogP contribution is -2.53. The first-order chi connectivity index (χ1) is 19.6. The maximum Gasteiger partial charge on any atom is 0.264 e. The van der Waals surface area contributed by atoms with Crippen molar-refractivity contribution in [2.45, 2.75) is 62.6 Å². The Morgan fingerprint density at radius 2 is 1.66 bits per heavy atom. The minimum Gasteiger partial charge on any atom is -0.352 e. The van der Waals surface area contributed by atoms with E-state index in [2.05, 4.69) is 5.32 Å². The molecule has 0 heterocycles. The summed E-state index contributed by atoms with van der Waals surface area (Å²) in [4.78, 5) is 28.9. The van der Waals surface area contributed by atoms with Gasteiger partial charge in [0, 0.05) is 17.6 Å². The van der Waals surface area contributed by atoms with Crippen LogP contribution in [0.3, 0.4) is 0 Å². The molecule has 3 aromatic carbocycles. The molecule has 0 aromatic heterocycles. The van der Waals surface area contributed by atoms with Gasteiger partial charge < -0.3 is 10.2 Å². The summed E-state index contributed by atoms with van der Waals surface area (Å²) in [7, 11) is -4.28. The van der Waals surface area contributed by atoms with E-state index in [9.17, 15) is 22.4 Å². The van der Waals surface area contributed by atoms with Crippen molar-refractivity contribution in [3.05, 3.63) is 94.2 Å². The number of rotatable bonds is 11. The van der Waals surface area contributed by atoms with Crippen LogP contribution in [0.25, 0.3) is 0 Å². The average Bonchev–Trinajstić information content (AvgIpc) is 3.47. The van der Waals surface area contributed by atoms with Gasteiger partial charge in [-0.15, -0.1) is 0 Å². The molecular weight excluding hydrogens is 588 g/mol. The number of amides is 2. The smallest absolute Gasteiger partial charge is 0.264 e. The van der Waals surface area contributed by atoms with Crippen LogP contribution in [0.5, 0.6) is 0 Å². The standard InChI is InChI=1S/C30H32Cl2FN3O4S/c1-2-28(30(38)34-23-8-6-7-9-23)35(19-21-12-14-22(31)15-13-21)29(37)20-36(24-16-17-27(33)26(32)18-24)41(39,40)25-10-4-3-5-11-25/h3-5,10-18,23,28H,2,6-9,19-20H2,1H3,(H,34,38)/t28-/m1/s1. The summed E-state index contributed by atoms with van der Waals surface area (Å²) in [6.45, 7) is 1.22. The van der Waals surface area contributed by atoms with Gasteiger partial charge in [0.25, 0.3) is 10.0 Å². The number of carbonyl (C=O) groups excluding carboxylic acids is 2. The molecule has 0 bridgehead atoms. The highest BCUT2D eigenvalue weighted by Gasteiger charge is 2.34. The lowest BCUT2D eigenvalue weighted by atomic mass is 10.1. The molecule has 1 fully saturated rings. The summed E-state index contributed by atoms with van der Waals surface area (Å²) in [5.74, 6) is -1.62. The van der Waals surface area contributed by atoms with Gasteiger partial charge in [0.05, 0.1) is 15.6 Å². The first kappa shape index (κ1) is 30.8. The Morgan fingerprint density at radius 1 is 1.00 bits per heavy atom. The molecule has 0 saturated heterocycles. The molecule has 0 unspecified atom stereocenters. The van der Waals surface area contributed by atoms with Gasteiger partial charge in [0.15, 0.2) is 0 Å². The zero-order valence-electron chi connectivity index (χ0n) is 22.6. The largest absolute Gasteiger partial charge is 0.352 e. The van der Waals surface area contributed by atoms with Crippen molar-refractivity contribution in [2.75, 3.05) is 10.8 Å². The Morgan fingerprint density at radius 3 is 2.27 bits per heavy atom. The van der Waals surface area contributed by atoms with Crippen LogP contribution in [0, 0.1) is 5.82 Å². The highest BCUT2D eigenvalue weighted by atomic mass is 35.5. The van der Waals surface area contributed by atoms with Crippen molar-refractivity contribution in [3.63, 3.8) is 0 Å². The summed E-state index contributed by atoms with van der Waals surface area (Å²) >= 11 is 12.1. The van der Waals surface area contributed by atoms with E-state index in [0.717, 1.165) is 47.7 Å². The molecule has 1 saturated carbocycles. The number of nitrogens with zero attached hydrogens (tertiary/aromatic N) is 2. The highest BCUT2D eigenvalue weighted by molar-refractivity contribution is 7.92. The molecule has 4 rings (SSSR count). The van der Waals surface area contributed by atoms with Crippen LogP contribution < -0.4 is 9.62 Å². The van der Waals surface area contributed by atoms with E-state index in [-0.39, 0.29) is 34.1 Å². The molecule has 1 aliphatic carbocycles. The fourth-order valence-electron chi connectivity index (χ4n) is 4.96. The van der Waals surface area contributed by atoms with Crippen LogP contribution >= 0.6 is 23.2 Å². The molecule has 3 aromatic rings. The van der Waals surface area contributed by atoms with Crippen molar-refractivity contribution in [1.29, 1.82) is 0 Å². The van der Waals surface area contributed by atoms with Crippen LogP contribution in [0.4, 0.5) is 10.1 Å². The van der Waals surface area contributed by atoms with E-state index in [1.54, 1.807) is 49.4 Å². The Hall–Kier alpha value is -3.14. The number of carbonyl (C=O) groups is 2. The van der Waals surface area contributed by atoms with Gasteiger partial charge in [0.1, 0.15) is 18.4 Å². The zero-order chi connectivity index (χ0) is 29.6. The second-order valence-corrected chi connectivity index (χ2v) is 12.7. The number of hydrogen-bond donors (Lipinski definition) is 1. The van der Waals surface area contributed by atoms with Crippen molar-refractivity contribution in [2.24, 2.45) is 0 Å². The molecule has 2 amide bonds. The third kappa shape index (κ3) is 7.58. The second-order valence-electron chi connectivity index (χ2n) is 9.99. The summed E-state index contributed by atoms with van der Waals surface area (Å²) < 4.78 is 42.5. The second kappa shape index (κ2) is 13.7. The molecule has 0 radical (unpaired) electrons. The van der Waals surface area contributed by atoms with E-state index in [4.69, 9.17) is 23.2 Å². The number of halogens is 3. The number of hydrogen-bond acceptors (Lipinski definition) is 4. The summed E-state index contributed by atoms with van der Waals surface area (Å²) in [6.07, 6.45) is 4.12. The minimum atomic E-state index is -4.28. The Bertz CT molecular complexity index is 1470. The monoisotopic (exact) mass is 619 g/mol. The molecule has 218 valence electrons. The van der Waals surface area contributed by atoms with Crippen molar-refractivity contribution in [3.8, 4) is 0 Å². The van der Waals surface area contributed by atoms with Crippen LogP contribution in [0.2, 0.25) is 10.0 Å².